The summed E-state index contributed by atoms with van der Waals surface area (Å²) in [5, 5.41) is 17.7. The fourth-order valence-electron chi connectivity index (χ4n) is 3.72. The third-order valence-corrected chi connectivity index (χ3v) is 5.24. The summed E-state index contributed by atoms with van der Waals surface area (Å²) in [5.74, 6) is 1.67. The number of aromatic hydroxyl groups is 1. The largest absolute Gasteiger partial charge is 0.507 e. The van der Waals surface area contributed by atoms with E-state index in [1.165, 1.54) is 0 Å². The number of phenols is 1. The van der Waals surface area contributed by atoms with E-state index in [2.05, 4.69) is 0 Å². The number of aryl methyl sites for hydroxylation is 1. The van der Waals surface area contributed by atoms with Crippen molar-refractivity contribution in [3.63, 3.8) is 0 Å². The molecule has 3 aromatic rings. The predicted octanol–water partition coefficient (Wildman–Crippen LogP) is 5.19. The molecule has 0 bridgehead atoms. The molecule has 1 aromatic heterocycles. The van der Waals surface area contributed by atoms with E-state index in [1.807, 2.05) is 54.4 Å². The van der Waals surface area contributed by atoms with Crippen LogP contribution in [0.5, 0.6) is 11.5 Å². The fourth-order valence-corrected chi connectivity index (χ4v) is 3.90. The molecule has 0 saturated carbocycles. The fraction of sp³-hybridized carbons (Fsp3) is 0.190. The van der Waals surface area contributed by atoms with Crippen molar-refractivity contribution >= 4 is 17.3 Å². The lowest BCUT2D eigenvalue weighted by Crippen LogP contribution is -2.33. The maximum atomic E-state index is 10.3. The van der Waals surface area contributed by atoms with Gasteiger partial charge < -0.3 is 14.3 Å². The van der Waals surface area contributed by atoms with Gasteiger partial charge in [0.2, 0.25) is 6.23 Å². The summed E-state index contributed by atoms with van der Waals surface area (Å²) in [6.45, 7) is 2.00. The molecular weight excluding hydrogens is 364 g/mol. The molecule has 6 heteroatoms. The Kier molecular flexibility index (Phi) is 3.65. The Hall–Kier alpha value is -2.92. The summed E-state index contributed by atoms with van der Waals surface area (Å²) in [7, 11) is 0. The molecule has 0 amide bonds. The van der Waals surface area contributed by atoms with Gasteiger partial charge in [-0.15, -0.1) is 0 Å². The highest BCUT2D eigenvalue weighted by molar-refractivity contribution is 6.30. The summed E-state index contributed by atoms with van der Waals surface area (Å²) < 4.78 is 11.8. The molecule has 0 radical (unpaired) electrons. The average Bonchev–Trinajstić information content (AvgIpc) is 3.33. The maximum absolute atomic E-state index is 10.3. The van der Waals surface area contributed by atoms with Gasteiger partial charge in [0.1, 0.15) is 11.5 Å². The molecule has 5 rings (SSSR count). The normalized spacial score (nSPS) is 20.7. The monoisotopic (exact) mass is 380 g/mol. The minimum Gasteiger partial charge on any atom is -0.507 e. The Morgan fingerprint density at radius 2 is 2.07 bits per heavy atom. The minimum absolute atomic E-state index is 0.0440. The van der Waals surface area contributed by atoms with Crippen LogP contribution in [-0.4, -0.2) is 15.8 Å². The van der Waals surface area contributed by atoms with E-state index in [-0.39, 0.29) is 11.8 Å². The van der Waals surface area contributed by atoms with Crippen molar-refractivity contribution in [3.05, 3.63) is 82.3 Å². The van der Waals surface area contributed by atoms with Crippen molar-refractivity contribution in [2.24, 2.45) is 5.10 Å². The summed E-state index contributed by atoms with van der Waals surface area (Å²) in [5.41, 5.74) is 3.61. The molecule has 3 heterocycles. The standard InChI is InChI=1S/C21H17ClN2O3/c1-12-4-6-18(25)14(9-12)16-11-17-15-10-13(22)5-7-19(15)27-21(24(17)23-16)20-3-2-8-26-20/h2-10,17,21,25H,11H2,1H3/t17-,21+/m1/s1. The van der Waals surface area contributed by atoms with Gasteiger partial charge in [-0.05, 0) is 49.4 Å². The lowest BCUT2D eigenvalue weighted by Gasteiger charge is -2.36. The number of hydrazone groups is 1. The highest BCUT2D eigenvalue weighted by atomic mass is 35.5. The number of fused-ring (bicyclic) bond motifs is 3. The van der Waals surface area contributed by atoms with Gasteiger partial charge in [-0.3, -0.25) is 0 Å². The van der Waals surface area contributed by atoms with Gasteiger partial charge in [-0.1, -0.05) is 23.2 Å². The van der Waals surface area contributed by atoms with E-state index in [0.29, 0.717) is 17.2 Å². The smallest absolute Gasteiger partial charge is 0.246 e. The Labute approximate surface area is 161 Å². The van der Waals surface area contributed by atoms with Crippen molar-refractivity contribution in [2.75, 3.05) is 0 Å². The number of benzene rings is 2. The molecule has 5 nitrogen and oxygen atoms in total. The van der Waals surface area contributed by atoms with Crippen molar-refractivity contribution in [2.45, 2.75) is 25.6 Å². The summed E-state index contributed by atoms with van der Waals surface area (Å²) in [4.78, 5) is 0. The molecule has 0 unspecified atom stereocenters. The van der Waals surface area contributed by atoms with Crippen LogP contribution >= 0.6 is 11.6 Å². The van der Waals surface area contributed by atoms with Crippen LogP contribution in [0, 0.1) is 6.92 Å². The zero-order chi connectivity index (χ0) is 18.5. The van der Waals surface area contributed by atoms with E-state index in [0.717, 1.165) is 28.2 Å². The second-order valence-corrected chi connectivity index (χ2v) is 7.27. The van der Waals surface area contributed by atoms with Crippen LogP contribution in [0.2, 0.25) is 5.02 Å². The van der Waals surface area contributed by atoms with E-state index in [1.54, 1.807) is 12.3 Å². The molecule has 0 saturated heterocycles. The number of hydrogen-bond acceptors (Lipinski definition) is 5. The minimum atomic E-state index is -0.469. The second-order valence-electron chi connectivity index (χ2n) is 6.84. The van der Waals surface area contributed by atoms with Crippen LogP contribution in [0.15, 0.2) is 64.3 Å². The van der Waals surface area contributed by atoms with Crippen molar-refractivity contribution in [1.82, 2.24) is 5.01 Å². The first-order chi connectivity index (χ1) is 13.1. The number of nitrogens with zero attached hydrogens (tertiary/aromatic N) is 2. The first kappa shape index (κ1) is 16.3. The van der Waals surface area contributed by atoms with E-state index < -0.39 is 6.23 Å². The molecule has 2 aromatic carbocycles. The third kappa shape index (κ3) is 2.66. The van der Waals surface area contributed by atoms with Crippen molar-refractivity contribution in [3.8, 4) is 11.5 Å². The zero-order valence-corrected chi connectivity index (χ0v) is 15.3. The predicted molar refractivity (Wildman–Crippen MR) is 102 cm³/mol. The van der Waals surface area contributed by atoms with Crippen molar-refractivity contribution in [1.29, 1.82) is 0 Å². The lowest BCUT2D eigenvalue weighted by molar-refractivity contribution is -0.0325. The highest BCUT2D eigenvalue weighted by Gasteiger charge is 2.42. The average molecular weight is 381 g/mol. The van der Waals surface area contributed by atoms with E-state index in [9.17, 15) is 5.11 Å². The number of phenolic OH excluding ortho intramolecular Hbond substituents is 1. The van der Waals surface area contributed by atoms with Crippen LogP contribution in [0.4, 0.5) is 0 Å². The van der Waals surface area contributed by atoms with E-state index in [4.69, 9.17) is 25.9 Å². The van der Waals surface area contributed by atoms with Gasteiger partial charge in [0.25, 0.3) is 0 Å². The van der Waals surface area contributed by atoms with Gasteiger partial charge in [-0.25, -0.2) is 5.01 Å². The number of halogens is 1. The second kappa shape index (κ2) is 6.06. The Morgan fingerprint density at radius 3 is 2.89 bits per heavy atom. The topological polar surface area (TPSA) is 58.2 Å². The quantitative estimate of drug-likeness (QED) is 0.664. The number of hydrogen-bond donors (Lipinski definition) is 1. The maximum Gasteiger partial charge on any atom is 0.246 e. The summed E-state index contributed by atoms with van der Waals surface area (Å²) in [6.07, 6.45) is 1.80. The van der Waals surface area contributed by atoms with Crippen LogP contribution in [0.25, 0.3) is 0 Å². The van der Waals surface area contributed by atoms with Crippen LogP contribution in [-0.2, 0) is 0 Å². The van der Waals surface area contributed by atoms with Crippen molar-refractivity contribution < 1.29 is 14.3 Å². The third-order valence-electron chi connectivity index (χ3n) is 5.00. The van der Waals surface area contributed by atoms with Gasteiger partial charge in [0.15, 0.2) is 5.76 Å². The van der Waals surface area contributed by atoms with Crippen LogP contribution < -0.4 is 4.74 Å². The molecule has 2 aliphatic rings. The van der Waals surface area contributed by atoms with Gasteiger partial charge >= 0.3 is 0 Å². The van der Waals surface area contributed by atoms with Crippen LogP contribution in [0.3, 0.4) is 0 Å². The first-order valence-electron chi connectivity index (χ1n) is 8.75. The molecule has 136 valence electrons. The van der Waals surface area contributed by atoms with Gasteiger partial charge in [-0.2, -0.15) is 5.10 Å². The lowest BCUT2D eigenvalue weighted by atomic mass is 9.95. The number of ether oxygens (including phenoxy) is 1. The van der Waals surface area contributed by atoms with Crippen LogP contribution in [0.1, 0.15) is 41.1 Å². The SMILES string of the molecule is Cc1ccc(O)c(C2=NN3[C@H](C2)c2cc(Cl)ccc2O[C@H]3c2ccco2)c1. The number of furan rings is 1. The molecule has 0 spiro atoms. The Bertz CT molecular complexity index is 1050. The molecule has 27 heavy (non-hydrogen) atoms. The molecule has 2 atom stereocenters. The number of rotatable bonds is 2. The first-order valence-corrected chi connectivity index (χ1v) is 9.13. The summed E-state index contributed by atoms with van der Waals surface area (Å²) >= 11 is 6.23. The molecule has 1 N–H and O–H groups in total. The Morgan fingerprint density at radius 1 is 1.19 bits per heavy atom. The molecule has 0 aliphatic carbocycles. The van der Waals surface area contributed by atoms with E-state index >= 15 is 0 Å². The Balaban J connectivity index is 1.63. The van der Waals surface area contributed by atoms with Gasteiger partial charge in [0, 0.05) is 22.6 Å². The molecule has 2 aliphatic heterocycles. The summed E-state index contributed by atoms with van der Waals surface area (Å²) in [6, 6.07) is 14.8. The molecular formula is C21H17ClN2O3. The zero-order valence-electron chi connectivity index (χ0n) is 14.6. The van der Waals surface area contributed by atoms with Gasteiger partial charge in [0.05, 0.1) is 18.0 Å². The molecule has 0 fully saturated rings. The highest BCUT2D eigenvalue weighted by Crippen LogP contribution is 2.48.